The lowest BCUT2D eigenvalue weighted by atomic mass is 10.3. The minimum atomic E-state index is 0.733. The van der Waals surface area contributed by atoms with Gasteiger partial charge in [0.15, 0.2) is 5.13 Å². The quantitative estimate of drug-likeness (QED) is 0.878. The molecular formula is C14H18N4S. The van der Waals surface area contributed by atoms with E-state index in [0.717, 1.165) is 35.7 Å². The zero-order valence-electron chi connectivity index (χ0n) is 11.0. The van der Waals surface area contributed by atoms with Crippen molar-refractivity contribution in [2.24, 2.45) is 0 Å². The Morgan fingerprint density at radius 2 is 2.26 bits per heavy atom. The van der Waals surface area contributed by atoms with E-state index in [0.29, 0.717) is 0 Å². The third-order valence-corrected chi connectivity index (χ3v) is 4.14. The maximum absolute atomic E-state index is 4.66. The Balaban J connectivity index is 1.58. The first-order valence-electron chi connectivity index (χ1n) is 6.60. The highest BCUT2D eigenvalue weighted by Gasteiger charge is 2.20. The average Bonchev–Trinajstić information content (AvgIpc) is 3.14. The summed E-state index contributed by atoms with van der Waals surface area (Å²) in [6, 6.07) is 6.73. The summed E-state index contributed by atoms with van der Waals surface area (Å²) in [4.78, 5) is 11.1. The summed E-state index contributed by atoms with van der Waals surface area (Å²) in [5, 5.41) is 6.68. The van der Waals surface area contributed by atoms with Gasteiger partial charge in [-0.1, -0.05) is 6.07 Å². The molecule has 0 bridgehead atoms. The monoisotopic (exact) mass is 274 g/mol. The summed E-state index contributed by atoms with van der Waals surface area (Å²) in [6.45, 7) is 1.68. The SMILES string of the molecule is CN(Cc1ccccn1)c1nc(CNC2CC2)cs1. The Bertz CT molecular complexity index is 521. The van der Waals surface area contributed by atoms with Crippen molar-refractivity contribution in [3.05, 3.63) is 41.2 Å². The fourth-order valence-corrected chi connectivity index (χ4v) is 2.68. The topological polar surface area (TPSA) is 41.1 Å². The van der Waals surface area contributed by atoms with Gasteiger partial charge in [0.2, 0.25) is 0 Å². The van der Waals surface area contributed by atoms with E-state index in [1.165, 1.54) is 12.8 Å². The van der Waals surface area contributed by atoms with Crippen LogP contribution in [0.1, 0.15) is 24.2 Å². The van der Waals surface area contributed by atoms with Gasteiger partial charge in [-0.3, -0.25) is 4.98 Å². The van der Waals surface area contributed by atoms with Gasteiger partial charge in [-0.25, -0.2) is 4.98 Å². The molecule has 0 atom stereocenters. The number of hydrogen-bond acceptors (Lipinski definition) is 5. The number of nitrogens with one attached hydrogen (secondary N) is 1. The van der Waals surface area contributed by atoms with Crippen LogP contribution in [0, 0.1) is 0 Å². The lowest BCUT2D eigenvalue weighted by Gasteiger charge is -2.14. The van der Waals surface area contributed by atoms with E-state index in [-0.39, 0.29) is 0 Å². The Labute approximate surface area is 117 Å². The van der Waals surface area contributed by atoms with E-state index >= 15 is 0 Å². The van der Waals surface area contributed by atoms with Crippen LogP contribution >= 0.6 is 11.3 Å². The van der Waals surface area contributed by atoms with Gasteiger partial charge in [0.25, 0.3) is 0 Å². The summed E-state index contributed by atoms with van der Waals surface area (Å²) in [5.74, 6) is 0. The van der Waals surface area contributed by atoms with Crippen molar-refractivity contribution in [2.45, 2.75) is 32.0 Å². The summed E-state index contributed by atoms with van der Waals surface area (Å²) in [5.41, 5.74) is 2.21. The molecule has 2 aromatic heterocycles. The van der Waals surface area contributed by atoms with E-state index in [1.54, 1.807) is 11.3 Å². The van der Waals surface area contributed by atoms with Crippen molar-refractivity contribution in [3.63, 3.8) is 0 Å². The first-order chi connectivity index (χ1) is 9.31. The van der Waals surface area contributed by atoms with Gasteiger partial charge in [-0.15, -0.1) is 11.3 Å². The summed E-state index contributed by atoms with van der Waals surface area (Å²) >= 11 is 1.70. The minimum Gasteiger partial charge on any atom is -0.345 e. The highest BCUT2D eigenvalue weighted by Crippen LogP contribution is 2.22. The second-order valence-electron chi connectivity index (χ2n) is 4.95. The van der Waals surface area contributed by atoms with Crippen molar-refractivity contribution >= 4 is 16.5 Å². The maximum atomic E-state index is 4.66. The predicted molar refractivity (Wildman–Crippen MR) is 78.3 cm³/mol. The fraction of sp³-hybridized carbons (Fsp3) is 0.429. The maximum Gasteiger partial charge on any atom is 0.185 e. The van der Waals surface area contributed by atoms with Crippen LogP contribution in [-0.4, -0.2) is 23.1 Å². The molecule has 1 N–H and O–H groups in total. The van der Waals surface area contributed by atoms with Crippen LogP contribution in [0.5, 0.6) is 0 Å². The third-order valence-electron chi connectivity index (χ3n) is 3.14. The molecule has 0 radical (unpaired) electrons. The number of pyridine rings is 1. The number of thiazole rings is 1. The molecular weight excluding hydrogens is 256 g/mol. The Kier molecular flexibility index (Phi) is 3.75. The van der Waals surface area contributed by atoms with E-state index in [9.17, 15) is 0 Å². The standard InChI is InChI=1S/C14H18N4S/c1-18(9-12-4-2-3-7-15-12)14-17-13(10-19-14)8-16-11-5-6-11/h2-4,7,10-11,16H,5-6,8-9H2,1H3. The van der Waals surface area contributed by atoms with E-state index in [4.69, 9.17) is 0 Å². The normalized spacial score (nSPS) is 14.6. The molecule has 0 saturated heterocycles. The highest BCUT2D eigenvalue weighted by molar-refractivity contribution is 7.13. The number of anilines is 1. The first kappa shape index (κ1) is 12.6. The predicted octanol–water partition coefficient (Wildman–Crippen LogP) is 2.43. The fourth-order valence-electron chi connectivity index (χ4n) is 1.89. The van der Waals surface area contributed by atoms with Crippen LogP contribution in [0.25, 0.3) is 0 Å². The van der Waals surface area contributed by atoms with Crippen LogP contribution in [0.4, 0.5) is 5.13 Å². The van der Waals surface area contributed by atoms with Gasteiger partial charge in [0.1, 0.15) is 0 Å². The molecule has 5 heteroatoms. The second-order valence-corrected chi connectivity index (χ2v) is 5.79. The van der Waals surface area contributed by atoms with Gasteiger partial charge in [-0.05, 0) is 25.0 Å². The minimum absolute atomic E-state index is 0.733. The van der Waals surface area contributed by atoms with E-state index < -0.39 is 0 Å². The van der Waals surface area contributed by atoms with Gasteiger partial charge < -0.3 is 10.2 Å². The van der Waals surface area contributed by atoms with Crippen molar-refractivity contribution in [1.82, 2.24) is 15.3 Å². The number of rotatable bonds is 6. The summed E-state index contributed by atoms with van der Waals surface area (Å²) < 4.78 is 0. The van der Waals surface area contributed by atoms with Crippen molar-refractivity contribution in [1.29, 1.82) is 0 Å². The number of nitrogens with zero attached hydrogens (tertiary/aromatic N) is 3. The molecule has 2 aromatic rings. The Morgan fingerprint density at radius 3 is 3.00 bits per heavy atom. The molecule has 1 aliphatic rings. The molecule has 19 heavy (non-hydrogen) atoms. The second kappa shape index (κ2) is 5.67. The molecule has 0 aliphatic heterocycles. The van der Waals surface area contributed by atoms with Gasteiger partial charge in [-0.2, -0.15) is 0 Å². The highest BCUT2D eigenvalue weighted by atomic mass is 32.1. The molecule has 0 unspecified atom stereocenters. The first-order valence-corrected chi connectivity index (χ1v) is 7.48. The number of hydrogen-bond donors (Lipinski definition) is 1. The molecule has 2 heterocycles. The molecule has 0 aromatic carbocycles. The van der Waals surface area contributed by atoms with Crippen LogP contribution in [0.3, 0.4) is 0 Å². The van der Waals surface area contributed by atoms with Crippen molar-refractivity contribution < 1.29 is 0 Å². The summed E-state index contributed by atoms with van der Waals surface area (Å²) in [7, 11) is 2.06. The van der Waals surface area contributed by atoms with Crippen molar-refractivity contribution in [2.75, 3.05) is 11.9 Å². The zero-order chi connectivity index (χ0) is 13.1. The van der Waals surface area contributed by atoms with Gasteiger partial charge >= 0.3 is 0 Å². The Morgan fingerprint density at radius 1 is 1.37 bits per heavy atom. The lowest BCUT2D eigenvalue weighted by Crippen LogP contribution is -2.18. The van der Waals surface area contributed by atoms with Crippen LogP contribution in [-0.2, 0) is 13.1 Å². The molecule has 0 amide bonds. The van der Waals surface area contributed by atoms with Crippen molar-refractivity contribution in [3.8, 4) is 0 Å². The lowest BCUT2D eigenvalue weighted by molar-refractivity contribution is 0.676. The van der Waals surface area contributed by atoms with Gasteiger partial charge in [0.05, 0.1) is 17.9 Å². The van der Waals surface area contributed by atoms with Crippen LogP contribution in [0.15, 0.2) is 29.8 Å². The molecule has 1 aliphatic carbocycles. The third kappa shape index (κ3) is 3.52. The largest absolute Gasteiger partial charge is 0.345 e. The van der Waals surface area contributed by atoms with Crippen LogP contribution < -0.4 is 10.2 Å². The average molecular weight is 274 g/mol. The number of aromatic nitrogens is 2. The van der Waals surface area contributed by atoms with E-state index in [2.05, 4.69) is 32.6 Å². The molecule has 3 rings (SSSR count). The zero-order valence-corrected chi connectivity index (χ0v) is 11.9. The summed E-state index contributed by atoms with van der Waals surface area (Å²) in [6.07, 6.45) is 4.46. The molecule has 4 nitrogen and oxygen atoms in total. The molecule has 1 fully saturated rings. The van der Waals surface area contributed by atoms with Crippen LogP contribution in [0.2, 0.25) is 0 Å². The Hall–Kier alpha value is -1.46. The smallest absolute Gasteiger partial charge is 0.185 e. The molecule has 0 spiro atoms. The molecule has 100 valence electrons. The van der Waals surface area contributed by atoms with E-state index in [1.807, 2.05) is 24.4 Å². The van der Waals surface area contributed by atoms with Gasteiger partial charge in [0, 0.05) is 31.2 Å². The molecule has 1 saturated carbocycles.